The van der Waals surface area contributed by atoms with E-state index < -0.39 is 0 Å². The standard InChI is InChI=1S/C12H16N2O2/c1-8(12(13)16)14-7-10-4-3-5-11(6-10)9(2)15/h3-6,8,14H,7H2,1-2H3,(H2,13,16)/t8-/m0/s1. The van der Waals surface area contributed by atoms with Crippen LogP contribution in [0.1, 0.15) is 29.8 Å². The highest BCUT2D eigenvalue weighted by molar-refractivity contribution is 5.94. The third-order valence-corrected chi connectivity index (χ3v) is 2.37. The molecule has 0 spiro atoms. The molecule has 0 radical (unpaired) electrons. The van der Waals surface area contributed by atoms with Gasteiger partial charge in [-0.3, -0.25) is 9.59 Å². The quantitative estimate of drug-likeness (QED) is 0.723. The minimum atomic E-state index is -0.386. The minimum absolute atomic E-state index is 0.0322. The second kappa shape index (κ2) is 5.42. The average Bonchev–Trinajstić information content (AvgIpc) is 2.26. The van der Waals surface area contributed by atoms with Crippen molar-refractivity contribution in [2.24, 2.45) is 5.73 Å². The number of hydrogen-bond donors (Lipinski definition) is 2. The largest absolute Gasteiger partial charge is 0.368 e. The van der Waals surface area contributed by atoms with E-state index in [2.05, 4.69) is 5.32 Å². The summed E-state index contributed by atoms with van der Waals surface area (Å²) in [5, 5.41) is 2.98. The molecule has 0 bridgehead atoms. The van der Waals surface area contributed by atoms with E-state index >= 15 is 0 Å². The average molecular weight is 220 g/mol. The third kappa shape index (κ3) is 3.47. The first-order chi connectivity index (χ1) is 7.50. The van der Waals surface area contributed by atoms with Gasteiger partial charge >= 0.3 is 0 Å². The number of ketones is 1. The SMILES string of the molecule is CC(=O)c1cccc(CN[C@@H](C)C(N)=O)c1. The van der Waals surface area contributed by atoms with Gasteiger partial charge in [0.2, 0.25) is 5.91 Å². The van der Waals surface area contributed by atoms with E-state index in [9.17, 15) is 9.59 Å². The maximum Gasteiger partial charge on any atom is 0.234 e. The molecule has 16 heavy (non-hydrogen) atoms. The van der Waals surface area contributed by atoms with Crippen molar-refractivity contribution in [1.29, 1.82) is 0 Å². The van der Waals surface area contributed by atoms with Gasteiger partial charge in [0.1, 0.15) is 0 Å². The van der Waals surface area contributed by atoms with Crippen LogP contribution in [0.3, 0.4) is 0 Å². The topological polar surface area (TPSA) is 72.2 Å². The molecule has 0 fully saturated rings. The number of nitrogens with one attached hydrogen (secondary N) is 1. The molecule has 1 rings (SSSR count). The van der Waals surface area contributed by atoms with Crippen LogP contribution in [0.4, 0.5) is 0 Å². The number of rotatable bonds is 5. The Labute approximate surface area is 94.8 Å². The van der Waals surface area contributed by atoms with Crippen molar-refractivity contribution >= 4 is 11.7 Å². The van der Waals surface area contributed by atoms with Gasteiger partial charge in [0.15, 0.2) is 5.78 Å². The number of benzene rings is 1. The predicted molar refractivity (Wildman–Crippen MR) is 61.9 cm³/mol. The van der Waals surface area contributed by atoms with Crippen LogP contribution in [0.15, 0.2) is 24.3 Å². The summed E-state index contributed by atoms with van der Waals surface area (Å²) in [6.45, 7) is 3.75. The Balaban J connectivity index is 2.64. The van der Waals surface area contributed by atoms with Crippen LogP contribution < -0.4 is 11.1 Å². The van der Waals surface area contributed by atoms with E-state index in [4.69, 9.17) is 5.73 Å². The van der Waals surface area contributed by atoms with Gasteiger partial charge in [0, 0.05) is 12.1 Å². The molecule has 3 N–H and O–H groups in total. The van der Waals surface area contributed by atoms with Crippen molar-refractivity contribution in [1.82, 2.24) is 5.32 Å². The molecule has 0 saturated carbocycles. The Bertz CT molecular complexity index is 402. The molecule has 1 atom stereocenters. The zero-order valence-corrected chi connectivity index (χ0v) is 9.49. The normalized spacial score (nSPS) is 12.1. The highest BCUT2D eigenvalue weighted by atomic mass is 16.1. The van der Waals surface area contributed by atoms with Gasteiger partial charge in [-0.25, -0.2) is 0 Å². The fraction of sp³-hybridized carbons (Fsp3) is 0.333. The maximum atomic E-state index is 11.1. The number of hydrogen-bond acceptors (Lipinski definition) is 3. The Hall–Kier alpha value is -1.68. The molecular formula is C12H16N2O2. The maximum absolute atomic E-state index is 11.1. The van der Waals surface area contributed by atoms with Crippen molar-refractivity contribution in [2.75, 3.05) is 0 Å². The van der Waals surface area contributed by atoms with Crippen LogP contribution in [0.25, 0.3) is 0 Å². The van der Waals surface area contributed by atoms with Gasteiger partial charge in [-0.15, -0.1) is 0 Å². The lowest BCUT2D eigenvalue weighted by Gasteiger charge is -2.10. The second-order valence-electron chi connectivity index (χ2n) is 3.76. The molecule has 0 aliphatic rings. The lowest BCUT2D eigenvalue weighted by molar-refractivity contribution is -0.119. The number of amides is 1. The number of nitrogens with two attached hydrogens (primary N) is 1. The van der Waals surface area contributed by atoms with Crippen LogP contribution in [0, 0.1) is 0 Å². The molecule has 0 aliphatic carbocycles. The fourth-order valence-corrected chi connectivity index (χ4v) is 1.27. The van der Waals surface area contributed by atoms with Crippen molar-refractivity contribution in [3.05, 3.63) is 35.4 Å². The van der Waals surface area contributed by atoms with Gasteiger partial charge in [0.25, 0.3) is 0 Å². The van der Waals surface area contributed by atoms with Crippen LogP contribution in [-0.4, -0.2) is 17.7 Å². The van der Waals surface area contributed by atoms with E-state index in [-0.39, 0.29) is 17.7 Å². The van der Waals surface area contributed by atoms with Crippen LogP contribution in [0.2, 0.25) is 0 Å². The first-order valence-corrected chi connectivity index (χ1v) is 5.13. The molecule has 0 unspecified atom stereocenters. The van der Waals surface area contributed by atoms with Gasteiger partial charge in [-0.05, 0) is 25.5 Å². The molecule has 0 aliphatic heterocycles. The zero-order chi connectivity index (χ0) is 12.1. The molecule has 0 saturated heterocycles. The summed E-state index contributed by atoms with van der Waals surface area (Å²) in [6.07, 6.45) is 0. The van der Waals surface area contributed by atoms with Crippen LogP contribution in [0.5, 0.6) is 0 Å². The van der Waals surface area contributed by atoms with Crippen molar-refractivity contribution in [3.8, 4) is 0 Å². The number of carbonyl (C=O) groups excluding carboxylic acids is 2. The summed E-state index contributed by atoms with van der Waals surface area (Å²) in [4.78, 5) is 22.0. The van der Waals surface area contributed by atoms with Crippen molar-refractivity contribution in [3.63, 3.8) is 0 Å². The van der Waals surface area contributed by atoms with Gasteiger partial charge in [-0.2, -0.15) is 0 Å². The van der Waals surface area contributed by atoms with Gasteiger partial charge < -0.3 is 11.1 Å². The summed E-state index contributed by atoms with van der Waals surface area (Å²) >= 11 is 0. The number of carbonyl (C=O) groups is 2. The molecular weight excluding hydrogens is 204 g/mol. The zero-order valence-electron chi connectivity index (χ0n) is 9.49. The van der Waals surface area contributed by atoms with Crippen LogP contribution in [-0.2, 0) is 11.3 Å². The van der Waals surface area contributed by atoms with E-state index in [0.29, 0.717) is 12.1 Å². The highest BCUT2D eigenvalue weighted by Crippen LogP contribution is 2.06. The van der Waals surface area contributed by atoms with E-state index in [1.165, 1.54) is 6.92 Å². The predicted octanol–water partition coefficient (Wildman–Crippen LogP) is 0.853. The Kier molecular flexibility index (Phi) is 4.19. The first-order valence-electron chi connectivity index (χ1n) is 5.13. The van der Waals surface area contributed by atoms with E-state index in [0.717, 1.165) is 5.56 Å². The van der Waals surface area contributed by atoms with Gasteiger partial charge in [0.05, 0.1) is 6.04 Å². The van der Waals surface area contributed by atoms with Crippen molar-refractivity contribution in [2.45, 2.75) is 26.4 Å². The summed E-state index contributed by atoms with van der Waals surface area (Å²) in [5.41, 5.74) is 6.75. The summed E-state index contributed by atoms with van der Waals surface area (Å²) in [6, 6.07) is 6.92. The molecule has 1 aromatic rings. The third-order valence-electron chi connectivity index (χ3n) is 2.37. The van der Waals surface area contributed by atoms with Crippen LogP contribution >= 0.6 is 0 Å². The Morgan fingerprint density at radius 3 is 2.69 bits per heavy atom. The van der Waals surface area contributed by atoms with Gasteiger partial charge in [-0.1, -0.05) is 18.2 Å². The summed E-state index contributed by atoms with van der Waals surface area (Å²) < 4.78 is 0. The molecule has 4 nitrogen and oxygen atoms in total. The number of Topliss-reactive ketones (excluding diaryl/α,β-unsaturated/α-hetero) is 1. The first kappa shape index (κ1) is 12.4. The molecule has 4 heteroatoms. The molecule has 86 valence electrons. The fourth-order valence-electron chi connectivity index (χ4n) is 1.27. The van der Waals surface area contributed by atoms with Crippen molar-refractivity contribution < 1.29 is 9.59 Å². The Morgan fingerprint density at radius 1 is 1.44 bits per heavy atom. The smallest absolute Gasteiger partial charge is 0.234 e. The van der Waals surface area contributed by atoms with E-state index in [1.807, 2.05) is 18.2 Å². The number of primary amides is 1. The molecule has 0 heterocycles. The summed E-state index contributed by atoms with van der Waals surface area (Å²) in [5.74, 6) is -0.354. The van der Waals surface area contributed by atoms with E-state index in [1.54, 1.807) is 13.0 Å². The monoisotopic (exact) mass is 220 g/mol. The lowest BCUT2D eigenvalue weighted by Crippen LogP contribution is -2.38. The highest BCUT2D eigenvalue weighted by Gasteiger charge is 2.07. The summed E-state index contributed by atoms with van der Waals surface area (Å²) in [7, 11) is 0. The lowest BCUT2D eigenvalue weighted by atomic mass is 10.1. The minimum Gasteiger partial charge on any atom is -0.368 e. The molecule has 1 amide bonds. The molecule has 0 aromatic heterocycles. The Morgan fingerprint density at radius 2 is 2.12 bits per heavy atom. The second-order valence-corrected chi connectivity index (χ2v) is 3.76. The molecule has 1 aromatic carbocycles.